The second-order valence-electron chi connectivity index (χ2n) is 5.21. The van der Waals surface area contributed by atoms with E-state index in [0.717, 1.165) is 17.7 Å². The summed E-state index contributed by atoms with van der Waals surface area (Å²) in [6, 6.07) is 7.83. The summed E-state index contributed by atoms with van der Waals surface area (Å²) in [5, 5.41) is 9.48. The third kappa shape index (κ3) is 2.46. The van der Waals surface area contributed by atoms with Gasteiger partial charge in [0.1, 0.15) is 0 Å². The highest BCUT2D eigenvalue weighted by Gasteiger charge is 2.40. The zero-order valence-electron chi connectivity index (χ0n) is 11.2. The minimum absolute atomic E-state index is 0.115. The first-order valence-electron chi connectivity index (χ1n) is 6.49. The largest absolute Gasteiger partial charge is 0.311 e. The Bertz CT molecular complexity index is 550. The van der Waals surface area contributed by atoms with Crippen molar-refractivity contribution in [2.75, 3.05) is 11.4 Å². The van der Waals surface area contributed by atoms with Crippen LogP contribution < -0.4 is 4.90 Å². The van der Waals surface area contributed by atoms with Crippen LogP contribution in [-0.4, -0.2) is 12.5 Å². The van der Waals surface area contributed by atoms with Gasteiger partial charge in [-0.2, -0.15) is 5.26 Å². The molecule has 0 saturated carbocycles. The number of anilines is 1. The first-order chi connectivity index (χ1) is 9.01. The monoisotopic (exact) mass is 276 g/mol. The predicted molar refractivity (Wildman–Crippen MR) is 76.3 cm³/mol. The van der Waals surface area contributed by atoms with Gasteiger partial charge >= 0.3 is 0 Å². The van der Waals surface area contributed by atoms with Crippen LogP contribution in [0.2, 0.25) is 5.02 Å². The molecule has 0 radical (unpaired) electrons. The molecule has 0 fully saturated rings. The Hall–Kier alpha value is -1.53. The van der Waals surface area contributed by atoms with Crippen LogP contribution in [0.15, 0.2) is 18.2 Å². The van der Waals surface area contributed by atoms with Gasteiger partial charge in [0.25, 0.3) is 0 Å². The van der Waals surface area contributed by atoms with Crippen LogP contribution >= 0.6 is 11.6 Å². The minimum atomic E-state index is -0.180. The molecular formula is C15H17ClN2O. The van der Waals surface area contributed by atoms with E-state index in [-0.39, 0.29) is 11.3 Å². The Balaban J connectivity index is 2.45. The van der Waals surface area contributed by atoms with Crippen molar-refractivity contribution in [1.29, 1.82) is 5.26 Å². The maximum Gasteiger partial charge on any atom is 0.226 e. The molecule has 0 N–H and O–H groups in total. The normalized spacial score (nSPS) is 21.1. The van der Waals surface area contributed by atoms with Gasteiger partial charge in [0.05, 0.1) is 6.07 Å². The Kier molecular flexibility index (Phi) is 3.82. The molecule has 0 bridgehead atoms. The molecule has 0 saturated heterocycles. The molecule has 1 aromatic carbocycles. The number of halogens is 1. The molecule has 0 aliphatic carbocycles. The quantitative estimate of drug-likeness (QED) is 0.846. The number of nitrogens with zero attached hydrogens (tertiary/aromatic N) is 2. The SMILES string of the molecule is CCC(=O)N1CC(C)(CCC#N)c2cc(Cl)ccc21. The molecule has 1 aliphatic heterocycles. The number of fused-ring (bicyclic) bond motifs is 1. The first kappa shape index (κ1) is 13.9. The first-order valence-corrected chi connectivity index (χ1v) is 6.87. The Morgan fingerprint density at radius 2 is 2.32 bits per heavy atom. The third-order valence-electron chi connectivity index (χ3n) is 3.80. The summed E-state index contributed by atoms with van der Waals surface area (Å²) >= 11 is 6.08. The van der Waals surface area contributed by atoms with Gasteiger partial charge in [-0.25, -0.2) is 0 Å². The van der Waals surface area contributed by atoms with Crippen LogP contribution in [0.4, 0.5) is 5.69 Å². The molecule has 1 aromatic rings. The van der Waals surface area contributed by atoms with E-state index in [0.29, 0.717) is 24.4 Å². The maximum absolute atomic E-state index is 12.1. The highest BCUT2D eigenvalue weighted by atomic mass is 35.5. The van der Waals surface area contributed by atoms with Crippen LogP contribution in [0.1, 0.15) is 38.7 Å². The van der Waals surface area contributed by atoms with Crippen molar-refractivity contribution >= 4 is 23.2 Å². The van der Waals surface area contributed by atoms with Crippen LogP contribution in [-0.2, 0) is 10.2 Å². The fourth-order valence-electron chi connectivity index (χ4n) is 2.71. The number of amides is 1. The maximum atomic E-state index is 12.1. The molecule has 3 nitrogen and oxygen atoms in total. The third-order valence-corrected chi connectivity index (χ3v) is 4.03. The van der Waals surface area contributed by atoms with Crippen molar-refractivity contribution < 1.29 is 4.79 Å². The van der Waals surface area contributed by atoms with Gasteiger partial charge in [-0.05, 0) is 30.2 Å². The molecule has 0 spiro atoms. The smallest absolute Gasteiger partial charge is 0.226 e. The number of nitriles is 1. The Morgan fingerprint density at radius 3 is 2.95 bits per heavy atom. The summed E-state index contributed by atoms with van der Waals surface area (Å²) in [6.07, 6.45) is 1.71. The zero-order valence-corrected chi connectivity index (χ0v) is 12.0. The average Bonchev–Trinajstić information content (AvgIpc) is 2.69. The summed E-state index contributed by atoms with van der Waals surface area (Å²) in [5.41, 5.74) is 1.84. The fourth-order valence-corrected chi connectivity index (χ4v) is 2.88. The zero-order chi connectivity index (χ0) is 14.0. The van der Waals surface area contributed by atoms with Crippen molar-refractivity contribution in [1.82, 2.24) is 0 Å². The lowest BCUT2D eigenvalue weighted by atomic mass is 9.80. The molecule has 100 valence electrons. The van der Waals surface area contributed by atoms with Gasteiger partial charge in [-0.1, -0.05) is 25.4 Å². The second kappa shape index (κ2) is 5.22. The highest BCUT2D eigenvalue weighted by Crippen LogP contribution is 2.44. The Labute approximate surface area is 118 Å². The van der Waals surface area contributed by atoms with E-state index in [1.54, 1.807) is 0 Å². The number of benzene rings is 1. The summed E-state index contributed by atoms with van der Waals surface area (Å²) < 4.78 is 0. The number of carbonyl (C=O) groups excluding carboxylic acids is 1. The molecule has 2 rings (SSSR count). The summed E-state index contributed by atoms with van der Waals surface area (Å²) in [7, 11) is 0. The molecule has 1 amide bonds. The van der Waals surface area contributed by atoms with E-state index in [2.05, 4.69) is 13.0 Å². The molecule has 19 heavy (non-hydrogen) atoms. The van der Waals surface area contributed by atoms with Crippen molar-refractivity contribution in [2.45, 2.75) is 38.5 Å². The van der Waals surface area contributed by atoms with Gasteiger partial charge in [0.15, 0.2) is 0 Å². The lowest BCUT2D eigenvalue weighted by Crippen LogP contribution is -2.34. The molecule has 1 heterocycles. The lowest BCUT2D eigenvalue weighted by Gasteiger charge is -2.24. The van der Waals surface area contributed by atoms with E-state index >= 15 is 0 Å². The molecule has 0 aromatic heterocycles. The number of hydrogen-bond acceptors (Lipinski definition) is 2. The van der Waals surface area contributed by atoms with Gasteiger partial charge in [-0.3, -0.25) is 4.79 Å². The van der Waals surface area contributed by atoms with Crippen molar-refractivity contribution in [3.8, 4) is 6.07 Å². The summed E-state index contributed by atoms with van der Waals surface area (Å²) in [4.78, 5) is 13.9. The molecule has 1 unspecified atom stereocenters. The molecule has 1 aliphatic rings. The average molecular weight is 277 g/mol. The Morgan fingerprint density at radius 1 is 1.58 bits per heavy atom. The predicted octanol–water partition coefficient (Wildman–Crippen LogP) is 3.66. The number of rotatable bonds is 3. The standard InChI is InChI=1S/C15H17ClN2O/c1-3-14(19)18-10-15(2,7-4-8-17)12-9-11(16)5-6-13(12)18/h5-6,9H,3-4,7,10H2,1-2H3. The van der Waals surface area contributed by atoms with Gasteiger partial charge in [0.2, 0.25) is 5.91 Å². The molecule has 4 heteroatoms. The van der Waals surface area contributed by atoms with Gasteiger partial charge in [0, 0.05) is 35.5 Å². The lowest BCUT2D eigenvalue weighted by molar-refractivity contribution is -0.118. The molecular weight excluding hydrogens is 260 g/mol. The van der Waals surface area contributed by atoms with Crippen molar-refractivity contribution in [2.24, 2.45) is 0 Å². The van der Waals surface area contributed by atoms with E-state index in [1.165, 1.54) is 0 Å². The second-order valence-corrected chi connectivity index (χ2v) is 5.65. The van der Waals surface area contributed by atoms with Crippen LogP contribution in [0.5, 0.6) is 0 Å². The van der Waals surface area contributed by atoms with Crippen LogP contribution in [0.3, 0.4) is 0 Å². The van der Waals surface area contributed by atoms with Gasteiger partial charge < -0.3 is 4.90 Å². The minimum Gasteiger partial charge on any atom is -0.311 e. The van der Waals surface area contributed by atoms with E-state index in [1.807, 2.05) is 30.0 Å². The van der Waals surface area contributed by atoms with E-state index in [9.17, 15) is 4.79 Å². The fraction of sp³-hybridized carbons (Fsp3) is 0.467. The van der Waals surface area contributed by atoms with Crippen molar-refractivity contribution in [3.63, 3.8) is 0 Å². The number of carbonyl (C=O) groups is 1. The van der Waals surface area contributed by atoms with E-state index < -0.39 is 0 Å². The van der Waals surface area contributed by atoms with Crippen LogP contribution in [0.25, 0.3) is 0 Å². The van der Waals surface area contributed by atoms with Gasteiger partial charge in [-0.15, -0.1) is 0 Å². The van der Waals surface area contributed by atoms with Crippen molar-refractivity contribution in [3.05, 3.63) is 28.8 Å². The van der Waals surface area contributed by atoms with E-state index in [4.69, 9.17) is 16.9 Å². The topological polar surface area (TPSA) is 44.1 Å². The summed E-state index contributed by atoms with van der Waals surface area (Å²) in [6.45, 7) is 4.60. The highest BCUT2D eigenvalue weighted by molar-refractivity contribution is 6.30. The number of hydrogen-bond donors (Lipinski definition) is 0. The molecule has 1 atom stereocenters. The summed E-state index contributed by atoms with van der Waals surface area (Å²) in [5.74, 6) is 0.115. The van der Waals surface area contributed by atoms with Crippen LogP contribution in [0, 0.1) is 11.3 Å².